The van der Waals surface area contributed by atoms with Crippen molar-refractivity contribution in [3.05, 3.63) is 70.3 Å². The number of halogens is 1. The van der Waals surface area contributed by atoms with Gasteiger partial charge in [0.2, 0.25) is 0 Å². The van der Waals surface area contributed by atoms with E-state index in [1.807, 2.05) is 29.0 Å². The Morgan fingerprint density at radius 2 is 2.17 bits per heavy atom. The second kappa shape index (κ2) is 7.23. The zero-order valence-electron chi connectivity index (χ0n) is 13.0. The summed E-state index contributed by atoms with van der Waals surface area (Å²) in [5.41, 5.74) is 3.08. The van der Waals surface area contributed by atoms with Gasteiger partial charge in [-0.3, -0.25) is 9.78 Å². The zero-order valence-corrected chi connectivity index (χ0v) is 13.8. The van der Waals surface area contributed by atoms with Crippen molar-refractivity contribution >= 4 is 17.2 Å². The quantitative estimate of drug-likeness (QED) is 0.765. The molecular weight excluding hydrogens is 327 g/mol. The van der Waals surface area contributed by atoms with Crippen LogP contribution in [-0.4, -0.2) is 18.0 Å². The number of amides is 1. The van der Waals surface area contributed by atoms with Gasteiger partial charge in [-0.2, -0.15) is 11.3 Å². The highest BCUT2D eigenvalue weighted by atomic mass is 32.1. The van der Waals surface area contributed by atoms with E-state index in [9.17, 15) is 9.18 Å². The summed E-state index contributed by atoms with van der Waals surface area (Å²) in [6.07, 6.45) is 1.71. The van der Waals surface area contributed by atoms with Crippen molar-refractivity contribution < 1.29 is 13.9 Å². The number of hydrogen-bond donors (Lipinski definition) is 1. The van der Waals surface area contributed by atoms with Gasteiger partial charge in [0.25, 0.3) is 5.91 Å². The predicted octanol–water partition coefficient (Wildman–Crippen LogP) is 3.89. The van der Waals surface area contributed by atoms with Gasteiger partial charge in [-0.05, 0) is 47.3 Å². The molecule has 0 bridgehead atoms. The number of benzene rings is 1. The van der Waals surface area contributed by atoms with Crippen molar-refractivity contribution in [2.45, 2.75) is 6.54 Å². The Kier molecular flexibility index (Phi) is 4.86. The molecule has 122 valence electrons. The Morgan fingerprint density at radius 1 is 1.29 bits per heavy atom. The summed E-state index contributed by atoms with van der Waals surface area (Å²) < 4.78 is 18.5. The summed E-state index contributed by atoms with van der Waals surface area (Å²) >= 11 is 1.60. The van der Waals surface area contributed by atoms with Crippen molar-refractivity contribution in [1.29, 1.82) is 0 Å². The van der Waals surface area contributed by atoms with Crippen LogP contribution >= 0.6 is 11.3 Å². The lowest BCUT2D eigenvalue weighted by Gasteiger charge is -2.08. The van der Waals surface area contributed by atoms with E-state index < -0.39 is 5.82 Å². The number of carbonyl (C=O) groups is 1. The molecule has 0 aliphatic heterocycles. The standard InChI is InChI=1S/C18H15FN2O2S/c1-23-17-3-2-13(9-15(17)19)18(22)21-10-12-4-6-20-16(8-12)14-5-7-24-11-14/h2-9,11H,10H2,1H3,(H,21,22). The van der Waals surface area contributed by atoms with E-state index in [1.54, 1.807) is 17.5 Å². The molecule has 2 heterocycles. The molecule has 0 fully saturated rings. The van der Waals surface area contributed by atoms with Crippen molar-refractivity contribution in [3.8, 4) is 17.0 Å². The van der Waals surface area contributed by atoms with E-state index >= 15 is 0 Å². The minimum absolute atomic E-state index is 0.112. The second-order valence-electron chi connectivity index (χ2n) is 5.09. The van der Waals surface area contributed by atoms with Gasteiger partial charge in [0, 0.05) is 29.2 Å². The highest BCUT2D eigenvalue weighted by Gasteiger charge is 2.10. The van der Waals surface area contributed by atoms with Crippen LogP contribution in [0, 0.1) is 5.82 Å². The van der Waals surface area contributed by atoms with Crippen LogP contribution in [0.3, 0.4) is 0 Å². The predicted molar refractivity (Wildman–Crippen MR) is 91.7 cm³/mol. The molecular formula is C18H15FN2O2S. The highest BCUT2D eigenvalue weighted by Crippen LogP contribution is 2.21. The fourth-order valence-corrected chi connectivity index (χ4v) is 2.89. The Morgan fingerprint density at radius 3 is 2.88 bits per heavy atom. The molecule has 2 aromatic heterocycles. The monoisotopic (exact) mass is 342 g/mol. The van der Waals surface area contributed by atoms with Crippen molar-refractivity contribution in [2.24, 2.45) is 0 Å². The number of thiophene rings is 1. The maximum Gasteiger partial charge on any atom is 0.251 e. The van der Waals surface area contributed by atoms with Gasteiger partial charge in [-0.25, -0.2) is 4.39 Å². The van der Waals surface area contributed by atoms with E-state index in [2.05, 4.69) is 10.3 Å². The van der Waals surface area contributed by atoms with Gasteiger partial charge in [-0.15, -0.1) is 0 Å². The number of rotatable bonds is 5. The number of nitrogens with one attached hydrogen (secondary N) is 1. The number of aromatic nitrogens is 1. The third-order valence-electron chi connectivity index (χ3n) is 3.51. The van der Waals surface area contributed by atoms with E-state index in [1.165, 1.54) is 19.2 Å². The number of ether oxygens (including phenoxy) is 1. The van der Waals surface area contributed by atoms with E-state index in [4.69, 9.17) is 4.74 Å². The van der Waals surface area contributed by atoms with Gasteiger partial charge >= 0.3 is 0 Å². The van der Waals surface area contributed by atoms with Gasteiger partial charge in [0.05, 0.1) is 12.8 Å². The molecule has 0 atom stereocenters. The molecule has 0 spiro atoms. The molecule has 6 heteroatoms. The summed E-state index contributed by atoms with van der Waals surface area (Å²) in [6, 6.07) is 9.89. The van der Waals surface area contributed by atoms with Crippen LogP contribution in [0.15, 0.2) is 53.4 Å². The minimum Gasteiger partial charge on any atom is -0.494 e. The molecule has 0 radical (unpaired) electrons. The highest BCUT2D eigenvalue weighted by molar-refractivity contribution is 7.08. The van der Waals surface area contributed by atoms with Gasteiger partial charge in [0.15, 0.2) is 11.6 Å². The van der Waals surface area contributed by atoms with Crippen LogP contribution in [0.5, 0.6) is 5.75 Å². The molecule has 3 aromatic rings. The molecule has 0 saturated heterocycles. The molecule has 24 heavy (non-hydrogen) atoms. The molecule has 1 aromatic carbocycles. The first-order chi connectivity index (χ1) is 11.7. The molecule has 3 rings (SSSR count). The normalized spacial score (nSPS) is 10.4. The first-order valence-electron chi connectivity index (χ1n) is 7.26. The lowest BCUT2D eigenvalue weighted by molar-refractivity contribution is 0.0950. The van der Waals surface area contributed by atoms with Gasteiger partial charge in [-0.1, -0.05) is 0 Å². The van der Waals surface area contributed by atoms with Crippen LogP contribution in [0.4, 0.5) is 4.39 Å². The van der Waals surface area contributed by atoms with E-state index in [0.29, 0.717) is 6.54 Å². The summed E-state index contributed by atoms with van der Waals surface area (Å²) in [6.45, 7) is 0.339. The smallest absolute Gasteiger partial charge is 0.251 e. The third-order valence-corrected chi connectivity index (χ3v) is 4.19. The number of methoxy groups -OCH3 is 1. The number of nitrogens with zero attached hydrogens (tertiary/aromatic N) is 1. The van der Waals surface area contributed by atoms with Gasteiger partial charge in [0.1, 0.15) is 0 Å². The Bertz CT molecular complexity index is 850. The maximum atomic E-state index is 13.7. The fourth-order valence-electron chi connectivity index (χ4n) is 2.24. The minimum atomic E-state index is -0.561. The summed E-state index contributed by atoms with van der Waals surface area (Å²) in [5, 5.41) is 6.79. The average molecular weight is 342 g/mol. The van der Waals surface area contributed by atoms with Crippen LogP contribution < -0.4 is 10.1 Å². The van der Waals surface area contributed by atoms with Crippen LogP contribution in [0.1, 0.15) is 15.9 Å². The summed E-state index contributed by atoms with van der Waals surface area (Å²) in [4.78, 5) is 16.5. The van der Waals surface area contributed by atoms with Crippen molar-refractivity contribution in [2.75, 3.05) is 7.11 Å². The fraction of sp³-hybridized carbons (Fsp3) is 0.111. The Labute approximate surface area is 142 Å². The molecule has 1 amide bonds. The molecule has 1 N–H and O–H groups in total. The number of carbonyl (C=O) groups excluding carboxylic acids is 1. The first kappa shape index (κ1) is 16.1. The molecule has 4 nitrogen and oxygen atoms in total. The maximum absolute atomic E-state index is 13.7. The average Bonchev–Trinajstić information content (AvgIpc) is 3.14. The Hall–Kier alpha value is -2.73. The number of pyridine rings is 1. The first-order valence-corrected chi connectivity index (χ1v) is 8.21. The second-order valence-corrected chi connectivity index (χ2v) is 5.87. The van der Waals surface area contributed by atoms with Crippen LogP contribution in [0.2, 0.25) is 0 Å². The largest absolute Gasteiger partial charge is 0.494 e. The Balaban J connectivity index is 1.68. The van der Waals surface area contributed by atoms with Crippen molar-refractivity contribution in [3.63, 3.8) is 0 Å². The number of hydrogen-bond acceptors (Lipinski definition) is 4. The van der Waals surface area contributed by atoms with Crippen LogP contribution in [-0.2, 0) is 6.54 Å². The SMILES string of the molecule is COc1ccc(C(=O)NCc2ccnc(-c3ccsc3)c2)cc1F. The molecule has 0 aliphatic carbocycles. The lowest BCUT2D eigenvalue weighted by Crippen LogP contribution is -2.23. The van der Waals surface area contributed by atoms with Crippen LogP contribution in [0.25, 0.3) is 11.3 Å². The molecule has 0 aliphatic rings. The zero-order chi connectivity index (χ0) is 16.9. The molecule has 0 unspecified atom stereocenters. The van der Waals surface area contributed by atoms with Gasteiger partial charge < -0.3 is 10.1 Å². The molecule has 0 saturated carbocycles. The summed E-state index contributed by atoms with van der Waals surface area (Å²) in [5.74, 6) is -0.791. The summed E-state index contributed by atoms with van der Waals surface area (Å²) in [7, 11) is 1.38. The topological polar surface area (TPSA) is 51.2 Å². The van der Waals surface area contributed by atoms with E-state index in [-0.39, 0.29) is 17.2 Å². The third kappa shape index (κ3) is 3.60. The van der Waals surface area contributed by atoms with E-state index in [0.717, 1.165) is 22.9 Å². The van der Waals surface area contributed by atoms with Crippen molar-refractivity contribution in [1.82, 2.24) is 10.3 Å². The lowest BCUT2D eigenvalue weighted by atomic mass is 10.1.